The van der Waals surface area contributed by atoms with Gasteiger partial charge in [0.1, 0.15) is 0 Å². The van der Waals surface area contributed by atoms with E-state index in [1.165, 1.54) is 0 Å². The van der Waals surface area contributed by atoms with Gasteiger partial charge in [0.2, 0.25) is 5.82 Å². The van der Waals surface area contributed by atoms with Gasteiger partial charge in [-0.25, -0.2) is 0 Å². The lowest BCUT2D eigenvalue weighted by Crippen LogP contribution is -2.43. The summed E-state index contributed by atoms with van der Waals surface area (Å²) in [5.74, 6) is 0.261. The van der Waals surface area contributed by atoms with E-state index in [2.05, 4.69) is 15.6 Å². The zero-order chi connectivity index (χ0) is 7.68. The van der Waals surface area contributed by atoms with E-state index in [1.54, 1.807) is 16.9 Å². The van der Waals surface area contributed by atoms with Crippen LogP contribution >= 0.6 is 0 Å². The lowest BCUT2D eigenvalue weighted by molar-refractivity contribution is 0.318. The van der Waals surface area contributed by atoms with Crippen LogP contribution < -0.4 is 5.32 Å². The number of nitroso groups, excluding NO2 is 1. The van der Waals surface area contributed by atoms with E-state index in [0.29, 0.717) is 6.04 Å². The van der Waals surface area contributed by atoms with Gasteiger partial charge in [0.15, 0.2) is 0 Å². The van der Waals surface area contributed by atoms with Gasteiger partial charge in [-0.05, 0) is 5.18 Å². The summed E-state index contributed by atoms with van der Waals surface area (Å²) in [5, 5.41) is 9.80. The van der Waals surface area contributed by atoms with Gasteiger partial charge in [-0.2, -0.15) is 0 Å². The normalized spacial score (nSPS) is 17.8. The van der Waals surface area contributed by atoms with Crippen LogP contribution in [0.3, 0.4) is 0 Å². The fourth-order valence-electron chi connectivity index (χ4n) is 1.04. The summed E-state index contributed by atoms with van der Waals surface area (Å²) in [6.07, 6.45) is 1.78. The maximum Gasteiger partial charge on any atom is 0.217 e. The van der Waals surface area contributed by atoms with E-state index < -0.39 is 0 Å². The minimum Gasteiger partial charge on any atom is -0.312 e. The molecule has 1 aromatic rings. The van der Waals surface area contributed by atoms with Crippen molar-refractivity contribution in [3.05, 3.63) is 17.2 Å². The highest BCUT2D eigenvalue weighted by atomic mass is 16.3. The quantitative estimate of drug-likeness (QED) is 0.625. The molecule has 1 aliphatic rings. The van der Waals surface area contributed by atoms with Crippen LogP contribution in [0.4, 0.5) is 5.82 Å². The highest BCUT2D eigenvalue weighted by Crippen LogP contribution is 2.13. The van der Waals surface area contributed by atoms with Gasteiger partial charge in [-0.15, -0.1) is 10.0 Å². The highest BCUT2D eigenvalue weighted by Gasteiger charge is 2.19. The molecule has 1 saturated heterocycles. The zero-order valence-electron chi connectivity index (χ0n) is 5.90. The molecule has 1 aromatic heterocycles. The second-order valence-electron chi connectivity index (χ2n) is 2.56. The molecule has 0 aromatic carbocycles. The number of nitrogens with zero attached hydrogens (tertiary/aromatic N) is 3. The largest absolute Gasteiger partial charge is 0.312 e. The lowest BCUT2D eigenvalue weighted by Gasteiger charge is -2.26. The smallest absolute Gasteiger partial charge is 0.217 e. The Labute approximate surface area is 63.4 Å². The summed E-state index contributed by atoms with van der Waals surface area (Å²) in [5.41, 5.74) is 0. The first-order valence-electron chi connectivity index (χ1n) is 3.49. The molecule has 0 amide bonds. The second-order valence-corrected chi connectivity index (χ2v) is 2.56. The summed E-state index contributed by atoms with van der Waals surface area (Å²) in [6.45, 7) is 1.86. The molecule has 2 rings (SSSR count). The summed E-state index contributed by atoms with van der Waals surface area (Å²) in [7, 11) is 0. The molecule has 0 atom stereocenters. The van der Waals surface area contributed by atoms with Gasteiger partial charge in [-0.3, -0.25) is 4.68 Å². The topological polar surface area (TPSA) is 59.3 Å². The van der Waals surface area contributed by atoms with Crippen LogP contribution in [-0.4, -0.2) is 22.9 Å². The molecule has 0 bridgehead atoms. The van der Waals surface area contributed by atoms with Gasteiger partial charge in [0.25, 0.3) is 0 Å². The zero-order valence-corrected chi connectivity index (χ0v) is 5.90. The third-order valence-electron chi connectivity index (χ3n) is 1.82. The third kappa shape index (κ3) is 1.03. The van der Waals surface area contributed by atoms with Crippen molar-refractivity contribution in [2.24, 2.45) is 5.18 Å². The number of nitrogens with one attached hydrogen (secondary N) is 1. The van der Waals surface area contributed by atoms with Crippen LogP contribution in [-0.2, 0) is 0 Å². The molecule has 0 aliphatic carbocycles. The molecule has 5 nitrogen and oxygen atoms in total. The van der Waals surface area contributed by atoms with Gasteiger partial charge in [0.05, 0.1) is 6.04 Å². The molecule has 1 N–H and O–H groups in total. The van der Waals surface area contributed by atoms with E-state index >= 15 is 0 Å². The minimum absolute atomic E-state index is 0.261. The van der Waals surface area contributed by atoms with Crippen molar-refractivity contribution < 1.29 is 0 Å². The van der Waals surface area contributed by atoms with Crippen molar-refractivity contribution >= 4 is 5.82 Å². The SMILES string of the molecule is O=Nc1ccn(C2CNC2)n1. The van der Waals surface area contributed by atoms with Crippen LogP contribution in [0.5, 0.6) is 0 Å². The maximum atomic E-state index is 10.0. The van der Waals surface area contributed by atoms with E-state index in [-0.39, 0.29) is 5.82 Å². The molecule has 1 fully saturated rings. The molecule has 0 spiro atoms. The number of hydrogen-bond acceptors (Lipinski definition) is 4. The molecular formula is C6H8N4O. The van der Waals surface area contributed by atoms with Crippen LogP contribution in [0, 0.1) is 4.91 Å². The number of rotatable bonds is 2. The predicted octanol–water partition coefficient (Wildman–Crippen LogP) is 0.425. The van der Waals surface area contributed by atoms with Crippen molar-refractivity contribution in [2.45, 2.75) is 6.04 Å². The first-order valence-corrected chi connectivity index (χ1v) is 3.49. The summed E-state index contributed by atoms with van der Waals surface area (Å²) in [4.78, 5) is 10.0. The Morgan fingerprint density at radius 1 is 1.73 bits per heavy atom. The van der Waals surface area contributed by atoms with Crippen LogP contribution in [0.15, 0.2) is 17.4 Å². The van der Waals surface area contributed by atoms with E-state index in [0.717, 1.165) is 13.1 Å². The Morgan fingerprint density at radius 2 is 2.55 bits per heavy atom. The summed E-state index contributed by atoms with van der Waals surface area (Å²) >= 11 is 0. The molecule has 0 radical (unpaired) electrons. The Bertz CT molecular complexity index is 265. The molecule has 0 unspecified atom stereocenters. The molecule has 58 valence electrons. The highest BCUT2D eigenvalue weighted by molar-refractivity contribution is 5.23. The van der Waals surface area contributed by atoms with Crippen LogP contribution in [0.1, 0.15) is 6.04 Å². The number of hydrogen-bond donors (Lipinski definition) is 1. The molecule has 0 saturated carbocycles. The molecule has 11 heavy (non-hydrogen) atoms. The minimum atomic E-state index is 0.261. The van der Waals surface area contributed by atoms with Gasteiger partial charge >= 0.3 is 0 Å². The first kappa shape index (κ1) is 6.48. The van der Waals surface area contributed by atoms with Crippen molar-refractivity contribution in [2.75, 3.05) is 13.1 Å². The second kappa shape index (κ2) is 2.43. The van der Waals surface area contributed by atoms with Crippen LogP contribution in [0.25, 0.3) is 0 Å². The fourth-order valence-corrected chi connectivity index (χ4v) is 1.04. The van der Waals surface area contributed by atoms with Gasteiger partial charge in [-0.1, -0.05) is 0 Å². The fraction of sp³-hybridized carbons (Fsp3) is 0.500. The van der Waals surface area contributed by atoms with E-state index in [4.69, 9.17) is 0 Å². The standard InChI is InChI=1S/C6H8N4O/c11-9-6-1-2-10(8-6)5-3-7-4-5/h1-2,5,7H,3-4H2. The van der Waals surface area contributed by atoms with E-state index in [9.17, 15) is 4.91 Å². The summed E-state index contributed by atoms with van der Waals surface area (Å²) in [6, 6.07) is 2.02. The lowest BCUT2D eigenvalue weighted by atomic mass is 10.2. The molecular weight excluding hydrogens is 144 g/mol. The van der Waals surface area contributed by atoms with E-state index in [1.807, 2.05) is 0 Å². The summed E-state index contributed by atoms with van der Waals surface area (Å²) < 4.78 is 1.77. The van der Waals surface area contributed by atoms with Crippen molar-refractivity contribution in [3.8, 4) is 0 Å². The van der Waals surface area contributed by atoms with Crippen LogP contribution in [0.2, 0.25) is 0 Å². The molecule has 5 heteroatoms. The first-order chi connectivity index (χ1) is 5.40. The van der Waals surface area contributed by atoms with Gasteiger partial charge < -0.3 is 5.32 Å². The number of aromatic nitrogens is 2. The molecule has 2 heterocycles. The van der Waals surface area contributed by atoms with Crippen molar-refractivity contribution in [1.82, 2.24) is 15.1 Å². The van der Waals surface area contributed by atoms with Gasteiger partial charge in [0, 0.05) is 25.4 Å². The third-order valence-corrected chi connectivity index (χ3v) is 1.82. The Hall–Kier alpha value is -1.23. The average molecular weight is 152 g/mol. The Kier molecular flexibility index (Phi) is 1.43. The van der Waals surface area contributed by atoms with Crippen molar-refractivity contribution in [1.29, 1.82) is 0 Å². The van der Waals surface area contributed by atoms with Crippen molar-refractivity contribution in [3.63, 3.8) is 0 Å². The molecule has 1 aliphatic heterocycles. The monoisotopic (exact) mass is 152 g/mol. The predicted molar refractivity (Wildman–Crippen MR) is 39.6 cm³/mol. The Morgan fingerprint density at radius 3 is 3.00 bits per heavy atom. The maximum absolute atomic E-state index is 10.0. The Balaban J connectivity index is 2.17. The average Bonchev–Trinajstić information content (AvgIpc) is 2.32.